The van der Waals surface area contributed by atoms with Crippen molar-refractivity contribution in [2.24, 2.45) is 0 Å². The van der Waals surface area contributed by atoms with Gasteiger partial charge in [-0.05, 0) is 98.5 Å². The molecular weight excluding hydrogens is 660 g/mol. The van der Waals surface area contributed by atoms with Gasteiger partial charge in [0.05, 0.1) is 51.8 Å². The third-order valence-electron chi connectivity index (χ3n) is 8.12. The first-order valence-electron chi connectivity index (χ1n) is 18.4. The maximum Gasteiger partial charge on any atom is 0.119 e. The van der Waals surface area contributed by atoms with Crippen molar-refractivity contribution in [3.05, 3.63) is 119 Å². The van der Waals surface area contributed by atoms with Gasteiger partial charge in [-0.15, -0.1) is 0 Å². The van der Waals surface area contributed by atoms with E-state index in [-0.39, 0.29) is 25.4 Å². The summed E-state index contributed by atoms with van der Waals surface area (Å²) >= 11 is 0. The lowest BCUT2D eigenvalue weighted by atomic mass is 10.0. The minimum atomic E-state index is -0.714. The van der Waals surface area contributed by atoms with Crippen LogP contribution in [0.25, 0.3) is 0 Å². The van der Waals surface area contributed by atoms with Gasteiger partial charge in [-0.3, -0.25) is 0 Å². The first-order valence-corrected chi connectivity index (χ1v) is 18.4. The highest BCUT2D eigenvalue weighted by Crippen LogP contribution is 2.31. The van der Waals surface area contributed by atoms with Gasteiger partial charge in [0, 0.05) is 26.2 Å². The molecule has 4 aromatic carbocycles. The van der Waals surface area contributed by atoms with E-state index in [4.69, 9.17) is 28.4 Å². The first-order chi connectivity index (χ1) is 25.4. The summed E-state index contributed by atoms with van der Waals surface area (Å²) in [4.78, 5) is 0. The summed E-state index contributed by atoms with van der Waals surface area (Å²) in [6.07, 6.45) is -2.16. The molecule has 0 aliphatic heterocycles. The summed E-state index contributed by atoms with van der Waals surface area (Å²) in [5.74, 6) is 3.19. The Morgan fingerprint density at radius 3 is 0.904 bits per heavy atom. The second kappa shape index (κ2) is 22.7. The molecule has 10 heteroatoms. The fourth-order valence-corrected chi connectivity index (χ4v) is 5.64. The standard InChI is InChI=1S/C42H56N2O8/c1-5-47-37-17-9-31(10-18-37)41(32-11-19-38(20-12-32)48-6-2)51-29-35(45)27-43-25-26-44-28-36(46)30-52-42(33-13-21-39(22-14-33)49-7-3)34-15-23-40(24-16-34)50-8-4/h9-24,35-36,41-46H,5-8,25-30H2,1-4H3/t35-,36-/m1/s1. The number of nitrogens with one attached hydrogen (secondary N) is 2. The van der Waals surface area contributed by atoms with E-state index in [2.05, 4.69) is 10.6 Å². The van der Waals surface area contributed by atoms with Crippen molar-refractivity contribution in [2.45, 2.75) is 52.1 Å². The zero-order chi connectivity index (χ0) is 37.0. The minimum Gasteiger partial charge on any atom is -0.494 e. The number of hydrogen-bond acceptors (Lipinski definition) is 10. The van der Waals surface area contributed by atoms with Crippen LogP contribution < -0.4 is 29.6 Å². The van der Waals surface area contributed by atoms with E-state index in [1.165, 1.54) is 0 Å². The summed E-state index contributed by atoms with van der Waals surface area (Å²) in [7, 11) is 0. The van der Waals surface area contributed by atoms with Gasteiger partial charge in [-0.2, -0.15) is 0 Å². The fraction of sp³-hybridized carbons (Fsp3) is 0.429. The zero-order valence-corrected chi connectivity index (χ0v) is 31.0. The number of hydrogen-bond donors (Lipinski definition) is 4. The van der Waals surface area contributed by atoms with Crippen LogP contribution in [-0.4, -0.2) is 88.2 Å². The third-order valence-corrected chi connectivity index (χ3v) is 8.12. The van der Waals surface area contributed by atoms with Gasteiger partial charge in [0.1, 0.15) is 35.2 Å². The van der Waals surface area contributed by atoms with Crippen molar-refractivity contribution in [3.8, 4) is 23.0 Å². The van der Waals surface area contributed by atoms with Crippen LogP contribution in [0.15, 0.2) is 97.1 Å². The molecule has 2 atom stereocenters. The normalized spacial score (nSPS) is 12.5. The molecule has 4 N–H and O–H groups in total. The Morgan fingerprint density at radius 1 is 0.423 bits per heavy atom. The van der Waals surface area contributed by atoms with Crippen LogP contribution in [0.2, 0.25) is 0 Å². The zero-order valence-electron chi connectivity index (χ0n) is 31.0. The van der Waals surface area contributed by atoms with Crippen LogP contribution in [0.5, 0.6) is 23.0 Å². The van der Waals surface area contributed by atoms with Crippen LogP contribution in [0.4, 0.5) is 0 Å². The summed E-state index contributed by atoms with van der Waals surface area (Å²) in [5.41, 5.74) is 3.85. The van der Waals surface area contributed by atoms with Gasteiger partial charge in [0.15, 0.2) is 0 Å². The smallest absolute Gasteiger partial charge is 0.119 e. The summed E-state index contributed by atoms with van der Waals surface area (Å²) in [5, 5.41) is 28.0. The molecule has 0 amide bonds. The van der Waals surface area contributed by atoms with Gasteiger partial charge in [-0.25, -0.2) is 0 Å². The van der Waals surface area contributed by atoms with Crippen molar-refractivity contribution in [1.82, 2.24) is 10.6 Å². The van der Waals surface area contributed by atoms with E-state index in [0.29, 0.717) is 52.6 Å². The van der Waals surface area contributed by atoms with Crippen molar-refractivity contribution in [3.63, 3.8) is 0 Å². The summed E-state index contributed by atoms with van der Waals surface area (Å²) in [6, 6.07) is 31.4. The summed E-state index contributed by atoms with van der Waals surface area (Å²) < 4.78 is 35.0. The summed E-state index contributed by atoms with van der Waals surface area (Å²) in [6.45, 7) is 12.4. The average molecular weight is 717 g/mol. The number of aliphatic hydroxyl groups is 2. The third kappa shape index (κ3) is 13.4. The highest BCUT2D eigenvalue weighted by Gasteiger charge is 2.19. The highest BCUT2D eigenvalue weighted by molar-refractivity contribution is 5.38. The molecule has 0 aromatic heterocycles. The second-order valence-electron chi connectivity index (χ2n) is 12.2. The Morgan fingerprint density at radius 2 is 0.673 bits per heavy atom. The Labute approximate surface area is 309 Å². The lowest BCUT2D eigenvalue weighted by molar-refractivity contribution is 0.00542. The van der Waals surface area contributed by atoms with Gasteiger partial charge >= 0.3 is 0 Å². The number of rotatable bonds is 25. The monoisotopic (exact) mass is 716 g/mol. The number of ether oxygens (including phenoxy) is 6. The van der Waals surface area contributed by atoms with E-state index < -0.39 is 12.2 Å². The predicted octanol–water partition coefficient (Wildman–Crippen LogP) is 6.09. The topological polar surface area (TPSA) is 120 Å². The Hall–Kier alpha value is -4.16. The number of benzene rings is 4. The van der Waals surface area contributed by atoms with E-state index in [1.54, 1.807) is 0 Å². The molecular formula is C42H56N2O8. The molecule has 0 fully saturated rings. The molecule has 282 valence electrons. The molecule has 0 aliphatic carbocycles. The van der Waals surface area contributed by atoms with Crippen molar-refractivity contribution >= 4 is 0 Å². The first kappa shape index (κ1) is 40.6. The average Bonchev–Trinajstić information content (AvgIpc) is 3.16. The minimum absolute atomic E-state index is 0.144. The van der Waals surface area contributed by atoms with E-state index in [0.717, 1.165) is 45.3 Å². The maximum absolute atomic E-state index is 10.7. The van der Waals surface area contributed by atoms with Crippen LogP contribution in [0.3, 0.4) is 0 Å². The van der Waals surface area contributed by atoms with E-state index >= 15 is 0 Å². The van der Waals surface area contributed by atoms with Crippen LogP contribution in [-0.2, 0) is 9.47 Å². The lowest BCUT2D eigenvalue weighted by Crippen LogP contribution is -2.38. The quantitative estimate of drug-likeness (QED) is 0.0600. The molecule has 10 nitrogen and oxygen atoms in total. The molecule has 52 heavy (non-hydrogen) atoms. The van der Waals surface area contributed by atoms with Crippen LogP contribution in [0.1, 0.15) is 62.2 Å². The molecule has 0 bridgehead atoms. The SMILES string of the molecule is CCOc1ccc(C(OC[C@H](O)CNCCNC[C@@H](O)COC(c2ccc(OCC)cc2)c2ccc(OCC)cc2)c2ccc(OCC)cc2)cc1. The lowest BCUT2D eigenvalue weighted by Gasteiger charge is -2.22. The van der Waals surface area contributed by atoms with Gasteiger partial charge in [-0.1, -0.05) is 48.5 Å². The molecule has 0 heterocycles. The fourth-order valence-electron chi connectivity index (χ4n) is 5.64. The van der Waals surface area contributed by atoms with E-state index in [1.807, 2.05) is 125 Å². The highest BCUT2D eigenvalue weighted by atomic mass is 16.5. The van der Waals surface area contributed by atoms with Gasteiger partial charge < -0.3 is 49.3 Å². The van der Waals surface area contributed by atoms with Crippen LogP contribution >= 0.6 is 0 Å². The Kier molecular flexibility index (Phi) is 17.7. The van der Waals surface area contributed by atoms with Gasteiger partial charge in [0.25, 0.3) is 0 Å². The van der Waals surface area contributed by atoms with Crippen molar-refractivity contribution < 1.29 is 38.6 Å². The molecule has 0 aliphatic rings. The molecule has 0 unspecified atom stereocenters. The molecule has 4 aromatic rings. The molecule has 0 saturated carbocycles. The molecule has 0 radical (unpaired) electrons. The second-order valence-corrected chi connectivity index (χ2v) is 12.2. The Balaban J connectivity index is 1.21. The van der Waals surface area contributed by atoms with Crippen molar-refractivity contribution in [2.75, 3.05) is 65.8 Å². The van der Waals surface area contributed by atoms with Gasteiger partial charge in [0.2, 0.25) is 0 Å². The Bertz CT molecular complexity index is 1300. The molecule has 0 saturated heterocycles. The number of aliphatic hydroxyl groups excluding tert-OH is 2. The predicted molar refractivity (Wildman–Crippen MR) is 204 cm³/mol. The largest absolute Gasteiger partial charge is 0.494 e. The van der Waals surface area contributed by atoms with Crippen LogP contribution in [0, 0.1) is 0 Å². The van der Waals surface area contributed by atoms with E-state index in [9.17, 15) is 10.2 Å². The van der Waals surface area contributed by atoms with Crippen molar-refractivity contribution in [1.29, 1.82) is 0 Å². The molecule has 4 rings (SSSR count). The maximum atomic E-state index is 10.7. The molecule has 0 spiro atoms.